The maximum absolute atomic E-state index is 12.6. The molecule has 0 aliphatic carbocycles. The normalized spacial score (nSPS) is 10.9. The summed E-state index contributed by atoms with van der Waals surface area (Å²) in [5.74, 6) is 0.282. The molecule has 0 radical (unpaired) electrons. The molecule has 3 aromatic heterocycles. The van der Waals surface area contributed by atoms with Gasteiger partial charge in [-0.2, -0.15) is 0 Å². The Balaban J connectivity index is 1.48. The van der Waals surface area contributed by atoms with Gasteiger partial charge in [-0.15, -0.1) is 11.3 Å². The minimum atomic E-state index is -0.297. The highest BCUT2D eigenvalue weighted by molar-refractivity contribution is 7.13. The Hall–Kier alpha value is -3.59. The smallest absolute Gasteiger partial charge is 0.275 e. The fourth-order valence-corrected chi connectivity index (χ4v) is 4.07. The highest BCUT2D eigenvalue weighted by Gasteiger charge is 2.15. The number of nitrogens with zero attached hydrogens (tertiary/aromatic N) is 5. The van der Waals surface area contributed by atoms with Gasteiger partial charge in [-0.05, 0) is 44.2 Å². The van der Waals surface area contributed by atoms with Crippen molar-refractivity contribution in [3.8, 4) is 10.8 Å². The summed E-state index contributed by atoms with van der Waals surface area (Å²) in [6.07, 6.45) is 5.17. The predicted octanol–water partition coefficient (Wildman–Crippen LogP) is 3.68. The molecule has 9 heteroatoms. The van der Waals surface area contributed by atoms with E-state index in [1.165, 1.54) is 11.3 Å². The van der Waals surface area contributed by atoms with Crippen LogP contribution in [0.25, 0.3) is 21.7 Å². The van der Waals surface area contributed by atoms with E-state index in [1.54, 1.807) is 23.8 Å². The number of fused-ring (bicyclic) bond motifs is 1. The van der Waals surface area contributed by atoms with E-state index in [9.17, 15) is 9.59 Å². The number of likely N-dealkylation sites (N-methyl/N-ethyl adjacent to an activating group) is 1. The van der Waals surface area contributed by atoms with Gasteiger partial charge in [-0.1, -0.05) is 0 Å². The summed E-state index contributed by atoms with van der Waals surface area (Å²) in [5.41, 5.74) is 1.92. The molecule has 1 N–H and O–H groups in total. The molecule has 0 saturated carbocycles. The molecule has 0 unspecified atom stereocenters. The van der Waals surface area contributed by atoms with Gasteiger partial charge < -0.3 is 14.8 Å². The molecule has 0 saturated heterocycles. The maximum atomic E-state index is 12.6. The zero-order valence-corrected chi connectivity index (χ0v) is 18.1. The molecule has 158 valence electrons. The van der Waals surface area contributed by atoms with Crippen LogP contribution in [0.5, 0.6) is 0 Å². The lowest BCUT2D eigenvalue weighted by molar-refractivity contribution is -0.131. The number of hydrogen-bond acceptors (Lipinski definition) is 6. The third-order valence-corrected chi connectivity index (χ3v) is 5.78. The van der Waals surface area contributed by atoms with Crippen LogP contribution in [0.15, 0.2) is 54.3 Å². The van der Waals surface area contributed by atoms with Gasteiger partial charge in [0.1, 0.15) is 12.2 Å². The molecule has 0 atom stereocenters. The Morgan fingerprint density at radius 3 is 2.65 bits per heavy atom. The molecule has 0 aliphatic rings. The Morgan fingerprint density at radius 2 is 1.90 bits per heavy atom. The third kappa shape index (κ3) is 4.46. The molecule has 0 spiro atoms. The van der Waals surface area contributed by atoms with Crippen molar-refractivity contribution in [1.29, 1.82) is 0 Å². The molecule has 3 heterocycles. The van der Waals surface area contributed by atoms with Gasteiger partial charge in [0, 0.05) is 53.7 Å². The molecule has 0 bridgehead atoms. The summed E-state index contributed by atoms with van der Waals surface area (Å²) in [6, 6.07) is 9.29. The van der Waals surface area contributed by atoms with E-state index in [-0.39, 0.29) is 11.8 Å². The molecule has 2 amide bonds. The average molecular weight is 435 g/mol. The number of hydrogen-bond donors (Lipinski definition) is 1. The summed E-state index contributed by atoms with van der Waals surface area (Å²) in [7, 11) is 0. The molecular formula is C22H22N6O2S. The zero-order chi connectivity index (χ0) is 21.8. The van der Waals surface area contributed by atoms with E-state index >= 15 is 0 Å². The topological polar surface area (TPSA) is 93.0 Å². The Kier molecular flexibility index (Phi) is 6.03. The Labute approximate surface area is 183 Å². The van der Waals surface area contributed by atoms with E-state index in [2.05, 4.69) is 20.3 Å². The molecule has 4 aromatic rings. The number of aromatic nitrogens is 4. The fraction of sp³-hybridized carbons (Fsp3) is 0.227. The van der Waals surface area contributed by atoms with Crippen molar-refractivity contribution in [2.75, 3.05) is 18.4 Å². The van der Waals surface area contributed by atoms with E-state index in [0.29, 0.717) is 41.8 Å². The monoisotopic (exact) mass is 434 g/mol. The van der Waals surface area contributed by atoms with Gasteiger partial charge in [0.15, 0.2) is 10.8 Å². The van der Waals surface area contributed by atoms with Crippen LogP contribution in [0, 0.1) is 0 Å². The van der Waals surface area contributed by atoms with Gasteiger partial charge in [0.2, 0.25) is 5.91 Å². The molecule has 0 fully saturated rings. The van der Waals surface area contributed by atoms with Crippen molar-refractivity contribution < 1.29 is 9.59 Å². The van der Waals surface area contributed by atoms with E-state index in [1.807, 2.05) is 53.8 Å². The number of amides is 2. The number of rotatable bonds is 7. The Morgan fingerprint density at radius 1 is 1.13 bits per heavy atom. The van der Waals surface area contributed by atoms with Gasteiger partial charge in [0.25, 0.3) is 5.91 Å². The van der Waals surface area contributed by atoms with E-state index in [4.69, 9.17) is 0 Å². The SMILES string of the molecule is CCN(CC)C(=O)Cn1ccc2cc(NC(=O)c3csc(-c4ncccn4)n3)ccc21. The number of carbonyl (C=O) groups excluding carboxylic acids is 2. The third-order valence-electron chi connectivity index (χ3n) is 4.94. The first-order valence-electron chi connectivity index (χ1n) is 10.00. The lowest BCUT2D eigenvalue weighted by Gasteiger charge is -2.19. The van der Waals surface area contributed by atoms with Crippen molar-refractivity contribution in [2.24, 2.45) is 0 Å². The van der Waals surface area contributed by atoms with Crippen molar-refractivity contribution in [3.05, 3.63) is 60.0 Å². The minimum absolute atomic E-state index is 0.0848. The van der Waals surface area contributed by atoms with Gasteiger partial charge in [-0.25, -0.2) is 15.0 Å². The molecule has 31 heavy (non-hydrogen) atoms. The largest absolute Gasteiger partial charge is 0.342 e. The lowest BCUT2D eigenvalue weighted by Crippen LogP contribution is -2.33. The first kappa shape index (κ1) is 20.7. The second-order valence-electron chi connectivity index (χ2n) is 6.85. The molecule has 8 nitrogen and oxygen atoms in total. The maximum Gasteiger partial charge on any atom is 0.275 e. The van der Waals surface area contributed by atoms with E-state index < -0.39 is 0 Å². The summed E-state index contributed by atoms with van der Waals surface area (Å²) in [5, 5.41) is 6.11. The van der Waals surface area contributed by atoms with Crippen molar-refractivity contribution in [2.45, 2.75) is 20.4 Å². The lowest BCUT2D eigenvalue weighted by atomic mass is 10.2. The van der Waals surface area contributed by atoms with Gasteiger partial charge >= 0.3 is 0 Å². The number of thiazole rings is 1. The summed E-state index contributed by atoms with van der Waals surface area (Å²) < 4.78 is 1.92. The quantitative estimate of drug-likeness (QED) is 0.479. The first-order valence-corrected chi connectivity index (χ1v) is 10.9. The second kappa shape index (κ2) is 9.05. The number of benzene rings is 1. The zero-order valence-electron chi connectivity index (χ0n) is 17.3. The number of carbonyl (C=O) groups is 2. The molecular weight excluding hydrogens is 412 g/mol. The van der Waals surface area contributed by atoms with Crippen LogP contribution in [0.3, 0.4) is 0 Å². The summed E-state index contributed by atoms with van der Waals surface area (Å²) in [6.45, 7) is 5.63. The predicted molar refractivity (Wildman–Crippen MR) is 121 cm³/mol. The molecule has 1 aromatic carbocycles. The number of anilines is 1. The summed E-state index contributed by atoms with van der Waals surface area (Å²) in [4.78, 5) is 39.5. The minimum Gasteiger partial charge on any atom is -0.342 e. The second-order valence-corrected chi connectivity index (χ2v) is 7.71. The Bertz CT molecular complexity index is 1210. The van der Waals surface area contributed by atoms with Gasteiger partial charge in [0.05, 0.1) is 0 Å². The van der Waals surface area contributed by atoms with Crippen molar-refractivity contribution >= 4 is 39.7 Å². The molecule has 0 aliphatic heterocycles. The molecule has 4 rings (SSSR count). The van der Waals surface area contributed by atoms with Crippen LogP contribution in [-0.4, -0.2) is 49.3 Å². The van der Waals surface area contributed by atoms with Crippen molar-refractivity contribution in [3.63, 3.8) is 0 Å². The van der Waals surface area contributed by atoms with Crippen LogP contribution in [0.4, 0.5) is 5.69 Å². The van der Waals surface area contributed by atoms with Gasteiger partial charge in [-0.3, -0.25) is 9.59 Å². The van der Waals surface area contributed by atoms with Crippen LogP contribution < -0.4 is 5.32 Å². The highest BCUT2D eigenvalue weighted by atomic mass is 32.1. The highest BCUT2D eigenvalue weighted by Crippen LogP contribution is 2.23. The van der Waals surface area contributed by atoms with Crippen LogP contribution in [0.2, 0.25) is 0 Å². The fourth-order valence-electron chi connectivity index (χ4n) is 3.32. The van der Waals surface area contributed by atoms with Crippen LogP contribution in [-0.2, 0) is 11.3 Å². The number of nitrogens with one attached hydrogen (secondary N) is 1. The standard InChI is InChI=1S/C22H22N6O2S/c1-3-27(4-2)19(29)13-28-11-8-15-12-16(6-7-18(15)28)25-21(30)17-14-31-22(26-17)20-23-9-5-10-24-20/h5-12,14H,3-4,13H2,1-2H3,(H,25,30). The van der Waals surface area contributed by atoms with Crippen molar-refractivity contribution in [1.82, 2.24) is 24.4 Å². The first-order chi connectivity index (χ1) is 15.1. The summed E-state index contributed by atoms with van der Waals surface area (Å²) >= 11 is 1.32. The van der Waals surface area contributed by atoms with E-state index in [0.717, 1.165) is 10.9 Å². The van der Waals surface area contributed by atoms with Crippen LogP contribution in [0.1, 0.15) is 24.3 Å². The average Bonchev–Trinajstić information content (AvgIpc) is 3.43. The van der Waals surface area contributed by atoms with Crippen LogP contribution >= 0.6 is 11.3 Å².